The van der Waals surface area contributed by atoms with Crippen molar-refractivity contribution in [2.45, 2.75) is 24.4 Å². The minimum Gasteiger partial charge on any atom is -0.659 e. The van der Waals surface area contributed by atoms with Gasteiger partial charge in [0.1, 0.15) is 0 Å². The first-order valence-electron chi connectivity index (χ1n) is 7.60. The Morgan fingerprint density at radius 1 is 0.690 bits per heavy atom. The van der Waals surface area contributed by atoms with Crippen molar-refractivity contribution in [1.82, 2.24) is 0 Å². The van der Waals surface area contributed by atoms with Crippen LogP contribution in [-0.2, 0) is 32.5 Å². The average Bonchev–Trinajstić information content (AvgIpc) is 2.58. The molecular weight excluding hydrogens is 578 g/mol. The van der Waals surface area contributed by atoms with Crippen molar-refractivity contribution in [3.05, 3.63) is 88.8 Å². The van der Waals surface area contributed by atoms with E-state index in [0.717, 1.165) is 24.3 Å². The van der Waals surface area contributed by atoms with Gasteiger partial charge in [-0.1, -0.05) is 47.5 Å². The summed E-state index contributed by atoms with van der Waals surface area (Å²) < 4.78 is 77.7. The molecule has 0 aliphatic carbocycles. The van der Waals surface area contributed by atoms with Crippen LogP contribution in [0.4, 0.5) is 26.3 Å². The van der Waals surface area contributed by atoms with Crippen molar-refractivity contribution >= 4 is 0 Å². The molecule has 0 saturated carbocycles. The van der Waals surface area contributed by atoms with E-state index in [0.29, 0.717) is 0 Å². The molecule has 0 aliphatic heterocycles. The van der Waals surface area contributed by atoms with Gasteiger partial charge in [-0.15, -0.1) is 12.1 Å². The third kappa shape index (κ3) is 7.38. The summed E-state index contributed by atoms with van der Waals surface area (Å²) in [6, 6.07) is 7.47. The van der Waals surface area contributed by atoms with E-state index in [1.54, 1.807) is 0 Å². The largest absolute Gasteiger partial charge is 3.00 e. The number of nitrogens with zero attached hydrogens (tertiary/aromatic N) is 2. The van der Waals surface area contributed by atoms with Crippen LogP contribution in [0.3, 0.4) is 0 Å². The maximum atomic E-state index is 12.9. The summed E-state index contributed by atoms with van der Waals surface area (Å²) in [5.41, 5.74) is -1.23. The van der Waals surface area contributed by atoms with Gasteiger partial charge in [-0.2, -0.15) is 40.4 Å². The van der Waals surface area contributed by atoms with Crippen LogP contribution in [0, 0.1) is 7.43 Å². The predicted molar refractivity (Wildman–Crippen MR) is 97.0 cm³/mol. The number of likely N-dealkylation sites (N-methyl/N-ethyl adjacent to an activating group) is 2. The van der Waals surface area contributed by atoms with Crippen LogP contribution in [-0.4, -0.2) is 19.6 Å². The number of hydrogen-bond donors (Lipinski definition) is 0. The monoisotopic (exact) mass is 600 g/mol. The molecule has 0 spiro atoms. The van der Waals surface area contributed by atoms with Gasteiger partial charge in [0.05, 0.1) is 11.1 Å². The first-order chi connectivity index (χ1) is 12.1. The average molecular weight is 600 g/mol. The predicted octanol–water partition coefficient (Wildman–Crippen LogP) is 6.14. The number of halogens is 6. The van der Waals surface area contributed by atoms with Crippen LogP contribution in [0.1, 0.15) is 34.3 Å². The fourth-order valence-corrected chi connectivity index (χ4v) is 2.74. The summed E-state index contributed by atoms with van der Waals surface area (Å²) in [6.07, 6.45) is -9.05. The smallest absolute Gasteiger partial charge is 0.659 e. The minimum absolute atomic E-state index is 0. The Morgan fingerprint density at radius 3 is 1.24 bits per heavy atom. The van der Waals surface area contributed by atoms with Crippen LogP contribution >= 0.6 is 0 Å². The Labute approximate surface area is 179 Å². The second-order valence-electron chi connectivity index (χ2n) is 5.65. The van der Waals surface area contributed by atoms with E-state index in [9.17, 15) is 26.3 Å². The molecular formula is C19H21F6IrN2O. The van der Waals surface area contributed by atoms with Crippen LogP contribution in [0.2, 0.25) is 0 Å². The van der Waals surface area contributed by atoms with Crippen molar-refractivity contribution < 1.29 is 51.9 Å². The molecule has 10 heteroatoms. The SMILES string of the molecule is C[N-]C(c1cccc(C(F)(F)F)c1)[C@H]([N-]C)c1cccc(C(F)(F)F)c1.O.[CH3-].[Ir+3]. The second kappa shape index (κ2) is 11.7. The Kier molecular flexibility index (Phi) is 12.0. The minimum atomic E-state index is -4.52. The zero-order valence-corrected chi connectivity index (χ0v) is 18.2. The molecule has 0 amide bonds. The van der Waals surface area contributed by atoms with Crippen molar-refractivity contribution in [2.24, 2.45) is 0 Å². The molecule has 2 N–H and O–H groups in total. The normalized spacial score (nSPS) is 13.4. The molecule has 2 atom stereocenters. The van der Waals surface area contributed by atoms with Crippen LogP contribution in [0.15, 0.2) is 48.5 Å². The van der Waals surface area contributed by atoms with Gasteiger partial charge in [0, 0.05) is 0 Å². The fraction of sp³-hybridized carbons (Fsp3) is 0.316. The molecule has 3 nitrogen and oxygen atoms in total. The van der Waals surface area contributed by atoms with Gasteiger partial charge in [-0.25, -0.2) is 0 Å². The van der Waals surface area contributed by atoms with Crippen molar-refractivity contribution in [2.75, 3.05) is 14.1 Å². The zero-order chi connectivity index (χ0) is 19.5. The van der Waals surface area contributed by atoms with Crippen LogP contribution < -0.4 is 0 Å². The van der Waals surface area contributed by atoms with Gasteiger partial charge in [-0.05, 0) is 12.1 Å². The second-order valence-corrected chi connectivity index (χ2v) is 5.65. The molecule has 0 aromatic heterocycles. The Bertz CT molecular complexity index is 688. The molecule has 2 aromatic carbocycles. The van der Waals surface area contributed by atoms with Gasteiger partial charge in [0.25, 0.3) is 0 Å². The topological polar surface area (TPSA) is 59.7 Å². The van der Waals surface area contributed by atoms with Gasteiger partial charge < -0.3 is 23.5 Å². The van der Waals surface area contributed by atoms with Gasteiger partial charge >= 0.3 is 32.5 Å². The maximum absolute atomic E-state index is 12.9. The third-order valence-corrected chi connectivity index (χ3v) is 3.97. The number of rotatable bonds is 5. The number of benzene rings is 2. The van der Waals surface area contributed by atoms with Crippen molar-refractivity contribution in [3.8, 4) is 0 Å². The van der Waals surface area contributed by atoms with Crippen molar-refractivity contribution in [3.63, 3.8) is 0 Å². The van der Waals surface area contributed by atoms with Gasteiger partial charge in [0.2, 0.25) is 0 Å². The quantitative estimate of drug-likeness (QED) is 0.293. The number of alkyl halides is 6. The fourth-order valence-electron chi connectivity index (χ4n) is 2.74. The standard InChI is InChI=1S/C18H16F6N2.CH3.Ir.H2O/c1-25-15(11-5-3-7-13(9-11)17(19,20)21)16(26-2)12-6-4-8-14(10-12)18(22,23)24;;;/h3-10,15-16H,1-2H3;1H3;;1H2/q-2;-1;+3;/t15-,16?;;;/m1.../s1. The Balaban J connectivity index is 0. The van der Waals surface area contributed by atoms with Crippen LogP contribution in [0.25, 0.3) is 10.6 Å². The number of hydrogen-bond acceptors (Lipinski definition) is 0. The van der Waals surface area contributed by atoms with Crippen LogP contribution in [0.5, 0.6) is 0 Å². The van der Waals surface area contributed by atoms with E-state index >= 15 is 0 Å². The first-order valence-corrected chi connectivity index (χ1v) is 7.60. The first kappa shape index (κ1) is 29.7. The summed E-state index contributed by atoms with van der Waals surface area (Å²) in [6.45, 7) is 0. The van der Waals surface area contributed by atoms with E-state index in [4.69, 9.17) is 0 Å². The van der Waals surface area contributed by atoms with E-state index in [1.807, 2.05) is 0 Å². The summed E-state index contributed by atoms with van der Waals surface area (Å²) in [5.74, 6) is 0. The summed E-state index contributed by atoms with van der Waals surface area (Å²) in [4.78, 5) is 0. The van der Waals surface area contributed by atoms with E-state index in [-0.39, 0.29) is 44.1 Å². The Hall–Kier alpha value is -1.45. The van der Waals surface area contributed by atoms with Crippen molar-refractivity contribution in [1.29, 1.82) is 0 Å². The summed E-state index contributed by atoms with van der Waals surface area (Å²) >= 11 is 0. The molecule has 0 fully saturated rings. The molecule has 164 valence electrons. The third-order valence-electron chi connectivity index (χ3n) is 3.97. The van der Waals surface area contributed by atoms with E-state index in [1.165, 1.54) is 38.4 Å². The van der Waals surface area contributed by atoms with Gasteiger partial charge in [0.15, 0.2) is 0 Å². The Morgan fingerprint density at radius 2 is 1.00 bits per heavy atom. The molecule has 1 unspecified atom stereocenters. The summed E-state index contributed by atoms with van der Waals surface area (Å²) in [7, 11) is 2.80. The van der Waals surface area contributed by atoms with E-state index in [2.05, 4.69) is 10.6 Å². The molecule has 2 rings (SSSR count). The maximum Gasteiger partial charge on any atom is 3.00 e. The molecule has 2 aromatic rings. The van der Waals surface area contributed by atoms with Gasteiger partial charge in [-0.3, -0.25) is 0 Å². The molecule has 0 saturated heterocycles. The molecule has 29 heavy (non-hydrogen) atoms. The molecule has 0 heterocycles. The van der Waals surface area contributed by atoms with E-state index < -0.39 is 35.6 Å². The zero-order valence-electron chi connectivity index (χ0n) is 15.8. The molecule has 0 bridgehead atoms. The molecule has 0 radical (unpaired) electrons. The summed E-state index contributed by atoms with van der Waals surface area (Å²) in [5, 5.41) is 8.16. The molecule has 0 aliphatic rings.